The molecule has 0 amide bonds. The lowest BCUT2D eigenvalue weighted by atomic mass is 11.8. The molecule has 80 valence electrons. The first-order valence-corrected chi connectivity index (χ1v) is 14.5. The van der Waals surface area contributed by atoms with Crippen LogP contribution in [0.1, 0.15) is 0 Å². The molecular weight excluding hydrogens is 232 g/mol. The zero-order chi connectivity index (χ0) is 10.8. The van der Waals surface area contributed by atoms with E-state index < -0.39 is 6.57 Å². The maximum absolute atomic E-state index is 2.55. The lowest BCUT2D eigenvalue weighted by Crippen LogP contribution is -1.95. The second kappa shape index (κ2) is 5.61. The first-order valence-electron chi connectivity index (χ1n) is 4.45. The van der Waals surface area contributed by atoms with Crippen LogP contribution in [0.4, 0.5) is 0 Å². The maximum atomic E-state index is 2.55. The molecular formula is C9H24P4. The fourth-order valence-electron chi connectivity index (χ4n) is 1.56. The van der Waals surface area contributed by atoms with Crippen LogP contribution < -0.4 is 0 Å². The van der Waals surface area contributed by atoms with Crippen LogP contribution in [-0.4, -0.2) is 58.1 Å². The van der Waals surface area contributed by atoms with E-state index in [-0.39, 0.29) is 23.5 Å². The van der Waals surface area contributed by atoms with E-state index in [2.05, 4.69) is 53.3 Å². The lowest BCUT2D eigenvalue weighted by molar-refractivity contribution is 2.18. The molecule has 0 saturated carbocycles. The van der Waals surface area contributed by atoms with Gasteiger partial charge in [-0.15, -0.1) is 0 Å². The van der Waals surface area contributed by atoms with Crippen molar-refractivity contribution in [1.29, 1.82) is 0 Å². The first-order chi connectivity index (χ1) is 5.71. The van der Waals surface area contributed by atoms with Gasteiger partial charge in [-0.1, -0.05) is 30.0 Å². The molecule has 0 fully saturated rings. The highest BCUT2D eigenvalue weighted by atomic mass is 32.1. The molecule has 0 atom stereocenters. The molecule has 0 aliphatic carbocycles. The second-order valence-corrected chi connectivity index (χ2v) is 20.2. The maximum Gasteiger partial charge on any atom is -0.0226 e. The van der Waals surface area contributed by atoms with Crippen LogP contribution in [0, 0.1) is 0 Å². The zero-order valence-electron chi connectivity index (χ0n) is 10.3. The van der Waals surface area contributed by atoms with E-state index in [1.807, 2.05) is 4.78 Å². The molecule has 0 N–H and O–H groups in total. The molecule has 13 heavy (non-hydrogen) atoms. The Morgan fingerprint density at radius 1 is 0.769 bits per heavy atom. The van der Waals surface area contributed by atoms with Crippen molar-refractivity contribution in [2.75, 3.05) is 53.3 Å². The van der Waals surface area contributed by atoms with Crippen LogP contribution in [0.3, 0.4) is 0 Å². The van der Waals surface area contributed by atoms with Crippen LogP contribution in [0.25, 0.3) is 0 Å². The van der Waals surface area contributed by atoms with Crippen LogP contribution in [-0.2, 0) is 0 Å². The molecule has 0 saturated heterocycles. The largest absolute Gasteiger partial charge is 0.0876 e. The lowest BCUT2D eigenvalue weighted by Gasteiger charge is -2.31. The van der Waals surface area contributed by atoms with Crippen molar-refractivity contribution < 1.29 is 0 Å². The first kappa shape index (κ1) is 14.6. The topological polar surface area (TPSA) is 0 Å². The predicted octanol–water partition coefficient (Wildman–Crippen LogP) is 4.49. The minimum atomic E-state index is -0.698. The summed E-state index contributed by atoms with van der Waals surface area (Å²) in [5.41, 5.74) is 0. The normalized spacial score (nSPS) is 13.2. The molecule has 0 aromatic carbocycles. The molecule has 0 radical (unpaired) electrons. The molecule has 0 aromatic heterocycles. The monoisotopic (exact) mass is 256 g/mol. The average molecular weight is 256 g/mol. The second-order valence-electron chi connectivity index (χ2n) is 4.33. The standard InChI is InChI=1S/C9H24P4/c1-10(2)9(11(3)4)13(7,8)12(5)6/h1-8H3. The molecule has 0 nitrogen and oxygen atoms in total. The number of rotatable bonds is 3. The van der Waals surface area contributed by atoms with E-state index in [0.29, 0.717) is 0 Å². The third-order valence-corrected chi connectivity index (χ3v) is 22.2. The van der Waals surface area contributed by atoms with E-state index in [1.165, 1.54) is 0 Å². The summed E-state index contributed by atoms with van der Waals surface area (Å²) in [6, 6.07) is 0. The molecule has 0 aliphatic rings. The molecule has 0 unspecified atom stereocenters. The van der Waals surface area contributed by atoms with E-state index in [1.54, 1.807) is 0 Å². The van der Waals surface area contributed by atoms with Gasteiger partial charge in [0, 0.05) is 0 Å². The van der Waals surface area contributed by atoms with Crippen molar-refractivity contribution in [1.82, 2.24) is 0 Å². The Morgan fingerprint density at radius 3 is 1.15 bits per heavy atom. The summed E-state index contributed by atoms with van der Waals surface area (Å²) in [5.74, 6) is 0. The summed E-state index contributed by atoms with van der Waals surface area (Å²) in [7, 11) is 0.633. The van der Waals surface area contributed by atoms with Gasteiger partial charge >= 0.3 is 0 Å². The van der Waals surface area contributed by atoms with Crippen molar-refractivity contribution >= 4 is 34.8 Å². The smallest absolute Gasteiger partial charge is 0.0226 e. The van der Waals surface area contributed by atoms with Gasteiger partial charge < -0.3 is 0 Å². The van der Waals surface area contributed by atoms with Crippen molar-refractivity contribution in [2.24, 2.45) is 0 Å². The van der Waals surface area contributed by atoms with Gasteiger partial charge in [0.25, 0.3) is 0 Å². The third-order valence-electron chi connectivity index (χ3n) is 2.29. The van der Waals surface area contributed by atoms with Gasteiger partial charge in [-0.25, -0.2) is 0 Å². The van der Waals surface area contributed by atoms with Gasteiger partial charge in [0.1, 0.15) is 0 Å². The summed E-state index contributed by atoms with van der Waals surface area (Å²) in [4.78, 5) is 0. The summed E-state index contributed by atoms with van der Waals surface area (Å²) in [6.45, 7) is 19.1. The van der Waals surface area contributed by atoms with Crippen molar-refractivity contribution in [3.8, 4) is 0 Å². The average Bonchev–Trinajstić information content (AvgIpc) is 1.82. The molecule has 0 aliphatic heterocycles. The molecule has 0 rings (SSSR count). The molecule has 0 bridgehead atoms. The summed E-state index contributed by atoms with van der Waals surface area (Å²) in [6.07, 6.45) is 0. The molecule has 0 aromatic rings. The van der Waals surface area contributed by atoms with Crippen LogP contribution in [0.15, 0.2) is 0 Å². The Balaban J connectivity index is 5.31. The van der Waals surface area contributed by atoms with Gasteiger partial charge in [0.2, 0.25) is 0 Å². The molecule has 0 heterocycles. The fraction of sp³-hybridized carbons (Fsp3) is 0.889. The number of hydrogen-bond acceptors (Lipinski definition) is 0. The SMILES string of the molecule is CP(C)C(P(C)C)=P(C)(C)P(C)C. The minimum Gasteiger partial charge on any atom is -0.0876 e. The van der Waals surface area contributed by atoms with E-state index in [9.17, 15) is 0 Å². The Hall–Kier alpha value is 1.59. The summed E-state index contributed by atoms with van der Waals surface area (Å²) >= 11 is 0. The van der Waals surface area contributed by atoms with Gasteiger partial charge in [-0.3, -0.25) is 0 Å². The van der Waals surface area contributed by atoms with Gasteiger partial charge in [0.15, 0.2) is 0 Å². The number of hydrogen-bond donors (Lipinski definition) is 0. The van der Waals surface area contributed by atoms with Crippen LogP contribution in [0.5, 0.6) is 0 Å². The predicted molar refractivity (Wildman–Crippen MR) is 80.1 cm³/mol. The van der Waals surface area contributed by atoms with Crippen molar-refractivity contribution in [2.45, 2.75) is 0 Å². The Kier molecular flexibility index (Phi) is 6.30. The van der Waals surface area contributed by atoms with Crippen molar-refractivity contribution in [3.05, 3.63) is 0 Å². The minimum absolute atomic E-state index is 0.187. The van der Waals surface area contributed by atoms with Gasteiger partial charge in [-0.05, 0) is 58.1 Å². The zero-order valence-corrected chi connectivity index (χ0v) is 13.9. The van der Waals surface area contributed by atoms with Gasteiger partial charge in [-0.2, -0.15) is 0 Å². The molecule has 4 heteroatoms. The van der Waals surface area contributed by atoms with E-state index in [0.717, 1.165) is 0 Å². The third kappa shape index (κ3) is 3.92. The van der Waals surface area contributed by atoms with Crippen LogP contribution in [0.2, 0.25) is 0 Å². The van der Waals surface area contributed by atoms with Gasteiger partial charge in [0.05, 0.1) is 0 Å². The van der Waals surface area contributed by atoms with E-state index >= 15 is 0 Å². The molecule has 0 spiro atoms. The highest BCUT2D eigenvalue weighted by Gasteiger charge is 2.20. The Labute approximate surface area is 88.4 Å². The summed E-state index contributed by atoms with van der Waals surface area (Å²) < 4.78 is 1.98. The van der Waals surface area contributed by atoms with E-state index in [4.69, 9.17) is 0 Å². The van der Waals surface area contributed by atoms with Crippen molar-refractivity contribution in [3.63, 3.8) is 0 Å². The quantitative estimate of drug-likeness (QED) is 0.652. The fourth-order valence-corrected chi connectivity index (χ4v) is 20.5. The highest BCUT2D eigenvalue weighted by Crippen LogP contribution is 2.75. The highest BCUT2D eigenvalue weighted by molar-refractivity contribution is 8.43. The van der Waals surface area contributed by atoms with Crippen LogP contribution >= 0.6 is 30.0 Å². The Morgan fingerprint density at radius 2 is 1.08 bits per heavy atom. The Bertz CT molecular complexity index is 200. The summed E-state index contributed by atoms with van der Waals surface area (Å²) in [5, 5.41) is 0.